The number of anilines is 1. The van der Waals surface area contributed by atoms with E-state index in [-0.39, 0.29) is 6.10 Å². The predicted octanol–water partition coefficient (Wildman–Crippen LogP) is 1.93. The van der Waals surface area contributed by atoms with Crippen LogP contribution >= 0.6 is 23.1 Å². The van der Waals surface area contributed by atoms with Crippen LogP contribution in [0, 0.1) is 0 Å². The molecule has 6 heteroatoms. The third-order valence-corrected chi connectivity index (χ3v) is 3.67. The molecule has 1 unspecified atom stereocenters. The van der Waals surface area contributed by atoms with Gasteiger partial charge in [-0.15, -0.1) is 11.6 Å². The minimum absolute atomic E-state index is 0.119. The van der Waals surface area contributed by atoms with Crippen molar-refractivity contribution in [2.24, 2.45) is 0 Å². The molecule has 0 spiro atoms. The van der Waals surface area contributed by atoms with Crippen LogP contribution in [0.4, 0.5) is 5.13 Å². The maximum Gasteiger partial charge on any atom is 0.205 e. The van der Waals surface area contributed by atoms with Gasteiger partial charge in [-0.3, -0.25) is 0 Å². The standard InChI is InChI=1S/C10H16ClN3OS/c1-2-3-9-12-10(16-13-9)14-4-5-15-8(6-11)7-14/h8H,2-7H2,1H3. The van der Waals surface area contributed by atoms with E-state index in [0.717, 1.165) is 43.5 Å². The molecule has 16 heavy (non-hydrogen) atoms. The highest BCUT2D eigenvalue weighted by atomic mass is 35.5. The first-order valence-corrected chi connectivity index (χ1v) is 6.89. The number of hydrogen-bond acceptors (Lipinski definition) is 5. The monoisotopic (exact) mass is 261 g/mol. The quantitative estimate of drug-likeness (QED) is 0.777. The van der Waals surface area contributed by atoms with Crippen LogP contribution in [0.5, 0.6) is 0 Å². The van der Waals surface area contributed by atoms with Crippen LogP contribution in [0.2, 0.25) is 0 Å². The zero-order chi connectivity index (χ0) is 11.4. The van der Waals surface area contributed by atoms with Crippen LogP contribution in [-0.2, 0) is 11.2 Å². The molecule has 1 saturated heterocycles. The van der Waals surface area contributed by atoms with Crippen molar-refractivity contribution in [3.05, 3.63) is 5.82 Å². The van der Waals surface area contributed by atoms with Gasteiger partial charge in [-0.05, 0) is 6.42 Å². The molecular formula is C10H16ClN3OS. The van der Waals surface area contributed by atoms with E-state index in [1.807, 2.05) is 0 Å². The van der Waals surface area contributed by atoms with Gasteiger partial charge in [0, 0.05) is 31.0 Å². The molecular weight excluding hydrogens is 246 g/mol. The van der Waals surface area contributed by atoms with Gasteiger partial charge < -0.3 is 9.64 Å². The number of alkyl halides is 1. The maximum absolute atomic E-state index is 5.80. The molecule has 4 nitrogen and oxygen atoms in total. The molecule has 0 amide bonds. The van der Waals surface area contributed by atoms with E-state index in [1.165, 1.54) is 11.5 Å². The Morgan fingerprint density at radius 1 is 1.62 bits per heavy atom. The van der Waals surface area contributed by atoms with Crippen molar-refractivity contribution in [3.8, 4) is 0 Å². The summed E-state index contributed by atoms with van der Waals surface area (Å²) in [5, 5.41) is 1.00. The number of ether oxygens (including phenoxy) is 1. The lowest BCUT2D eigenvalue weighted by Gasteiger charge is -2.31. The Balaban J connectivity index is 1.99. The Kier molecular flexibility index (Phi) is 4.37. The molecule has 0 aromatic carbocycles. The number of aromatic nitrogens is 2. The van der Waals surface area contributed by atoms with E-state index in [2.05, 4.69) is 21.2 Å². The fourth-order valence-corrected chi connectivity index (χ4v) is 2.62. The summed E-state index contributed by atoms with van der Waals surface area (Å²) < 4.78 is 9.86. The Morgan fingerprint density at radius 2 is 2.50 bits per heavy atom. The third-order valence-electron chi connectivity index (χ3n) is 2.51. The molecule has 0 aliphatic carbocycles. The zero-order valence-corrected chi connectivity index (χ0v) is 10.9. The van der Waals surface area contributed by atoms with E-state index in [1.54, 1.807) is 0 Å². The fraction of sp³-hybridized carbons (Fsp3) is 0.800. The highest BCUT2D eigenvalue weighted by Crippen LogP contribution is 2.20. The van der Waals surface area contributed by atoms with Gasteiger partial charge in [0.2, 0.25) is 5.13 Å². The van der Waals surface area contributed by atoms with Crippen LogP contribution in [-0.4, -0.2) is 41.0 Å². The lowest BCUT2D eigenvalue weighted by Crippen LogP contribution is -2.43. The van der Waals surface area contributed by atoms with Gasteiger partial charge in [0.25, 0.3) is 0 Å². The third kappa shape index (κ3) is 2.84. The number of halogens is 1. The summed E-state index contributed by atoms with van der Waals surface area (Å²) in [7, 11) is 0. The summed E-state index contributed by atoms with van der Waals surface area (Å²) in [5.41, 5.74) is 0. The van der Waals surface area contributed by atoms with E-state index < -0.39 is 0 Å². The van der Waals surface area contributed by atoms with Crippen molar-refractivity contribution in [2.75, 3.05) is 30.5 Å². The lowest BCUT2D eigenvalue weighted by molar-refractivity contribution is 0.0554. The Hall–Kier alpha value is -0.390. The first-order chi connectivity index (χ1) is 7.83. The second-order valence-corrected chi connectivity index (χ2v) is 4.88. The fourth-order valence-electron chi connectivity index (χ4n) is 1.68. The molecule has 1 atom stereocenters. The number of aryl methyl sites for hydroxylation is 1. The van der Waals surface area contributed by atoms with Crippen LogP contribution in [0.1, 0.15) is 19.2 Å². The number of nitrogens with zero attached hydrogens (tertiary/aromatic N) is 3. The van der Waals surface area contributed by atoms with Gasteiger partial charge in [-0.25, -0.2) is 4.98 Å². The zero-order valence-electron chi connectivity index (χ0n) is 9.36. The van der Waals surface area contributed by atoms with Gasteiger partial charge >= 0.3 is 0 Å². The molecule has 1 aromatic rings. The van der Waals surface area contributed by atoms with Crippen molar-refractivity contribution < 1.29 is 4.74 Å². The van der Waals surface area contributed by atoms with Crippen molar-refractivity contribution >= 4 is 28.3 Å². The molecule has 0 N–H and O–H groups in total. The van der Waals surface area contributed by atoms with E-state index >= 15 is 0 Å². The van der Waals surface area contributed by atoms with Crippen LogP contribution in [0.15, 0.2) is 0 Å². The molecule has 90 valence electrons. The lowest BCUT2D eigenvalue weighted by atomic mass is 10.3. The molecule has 0 bridgehead atoms. The van der Waals surface area contributed by atoms with E-state index in [4.69, 9.17) is 16.3 Å². The second kappa shape index (κ2) is 5.80. The van der Waals surface area contributed by atoms with Crippen LogP contribution in [0.25, 0.3) is 0 Å². The molecule has 1 aromatic heterocycles. The Morgan fingerprint density at radius 3 is 3.25 bits per heavy atom. The normalized spacial score (nSPS) is 21.4. The van der Waals surface area contributed by atoms with Crippen molar-refractivity contribution in [1.29, 1.82) is 0 Å². The van der Waals surface area contributed by atoms with E-state index in [0.29, 0.717) is 5.88 Å². The predicted molar refractivity (Wildman–Crippen MR) is 66.6 cm³/mol. The topological polar surface area (TPSA) is 38.2 Å². The Bertz CT molecular complexity index is 334. The highest BCUT2D eigenvalue weighted by Gasteiger charge is 2.22. The number of morpholine rings is 1. The van der Waals surface area contributed by atoms with Gasteiger partial charge in [0.05, 0.1) is 18.6 Å². The molecule has 1 fully saturated rings. The number of rotatable bonds is 4. The summed E-state index contributed by atoms with van der Waals surface area (Å²) in [6, 6.07) is 0. The van der Waals surface area contributed by atoms with Crippen LogP contribution in [0.3, 0.4) is 0 Å². The minimum atomic E-state index is 0.119. The first-order valence-electron chi connectivity index (χ1n) is 5.58. The second-order valence-electron chi connectivity index (χ2n) is 3.84. The average molecular weight is 262 g/mol. The van der Waals surface area contributed by atoms with E-state index in [9.17, 15) is 0 Å². The molecule has 2 heterocycles. The summed E-state index contributed by atoms with van der Waals surface area (Å²) in [6.07, 6.45) is 2.16. The smallest absolute Gasteiger partial charge is 0.205 e. The SMILES string of the molecule is CCCc1nsc(N2CCOC(CCl)C2)n1. The minimum Gasteiger partial charge on any atom is -0.373 e. The van der Waals surface area contributed by atoms with Gasteiger partial charge in [-0.2, -0.15) is 4.37 Å². The summed E-state index contributed by atoms with van der Waals surface area (Å²) in [4.78, 5) is 6.74. The molecule has 0 radical (unpaired) electrons. The average Bonchev–Trinajstić information content (AvgIpc) is 2.78. The van der Waals surface area contributed by atoms with Crippen molar-refractivity contribution in [3.63, 3.8) is 0 Å². The first kappa shape index (κ1) is 12.1. The molecule has 1 aliphatic rings. The van der Waals surface area contributed by atoms with Crippen molar-refractivity contribution in [1.82, 2.24) is 9.36 Å². The molecule has 1 aliphatic heterocycles. The van der Waals surface area contributed by atoms with Crippen LogP contribution < -0.4 is 4.90 Å². The number of hydrogen-bond donors (Lipinski definition) is 0. The van der Waals surface area contributed by atoms with Gasteiger partial charge in [0.1, 0.15) is 5.82 Å². The summed E-state index contributed by atoms with van der Waals surface area (Å²) in [6.45, 7) is 4.57. The van der Waals surface area contributed by atoms with Crippen molar-refractivity contribution in [2.45, 2.75) is 25.9 Å². The Labute approximate surface area is 105 Å². The summed E-state index contributed by atoms with van der Waals surface area (Å²) >= 11 is 7.28. The molecule has 0 saturated carbocycles. The highest BCUT2D eigenvalue weighted by molar-refractivity contribution is 7.09. The maximum atomic E-state index is 5.80. The largest absolute Gasteiger partial charge is 0.373 e. The van der Waals surface area contributed by atoms with Gasteiger partial charge in [-0.1, -0.05) is 6.92 Å². The molecule has 2 rings (SSSR count). The van der Waals surface area contributed by atoms with Gasteiger partial charge in [0.15, 0.2) is 0 Å². The summed E-state index contributed by atoms with van der Waals surface area (Å²) in [5.74, 6) is 1.49.